The molecule has 1 aromatic carbocycles. The molecule has 0 unspecified atom stereocenters. The summed E-state index contributed by atoms with van der Waals surface area (Å²) in [6.07, 6.45) is 6.79. The van der Waals surface area contributed by atoms with Gasteiger partial charge in [0.1, 0.15) is 16.9 Å². The van der Waals surface area contributed by atoms with E-state index in [4.69, 9.17) is 11.6 Å². The second-order valence-corrected chi connectivity index (χ2v) is 6.96. The standard InChI is InChI=1S/C17H16ClN5/c18-15-11(10-3-4-12-13(7-10)22-23-21-12)8-19-16-14(15)17(9-20-16)5-1-2-6-17/h3-4,7-8H,1-2,5-6,9H2,(H,19,20)(H,21,22,23). The average Bonchev–Trinajstić information content (AvgIpc) is 3.29. The molecule has 2 aliphatic rings. The maximum atomic E-state index is 6.86. The predicted octanol–water partition coefficient (Wildman–Crippen LogP) is 3.91. The van der Waals surface area contributed by atoms with Gasteiger partial charge in [-0.3, -0.25) is 0 Å². The summed E-state index contributed by atoms with van der Waals surface area (Å²) in [4.78, 5) is 4.64. The first-order valence-corrected chi connectivity index (χ1v) is 8.38. The molecule has 1 aliphatic heterocycles. The SMILES string of the molecule is Clc1c(-c2ccc3n[nH]nc3c2)cnc2c1C1(CCCC1)CN2. The molecule has 116 valence electrons. The zero-order valence-electron chi connectivity index (χ0n) is 12.6. The van der Waals surface area contributed by atoms with Gasteiger partial charge in [0.25, 0.3) is 0 Å². The molecular weight excluding hydrogens is 310 g/mol. The Balaban J connectivity index is 1.70. The Labute approximate surface area is 138 Å². The Morgan fingerprint density at radius 1 is 1.09 bits per heavy atom. The molecule has 2 N–H and O–H groups in total. The summed E-state index contributed by atoms with van der Waals surface area (Å²) in [7, 11) is 0. The Morgan fingerprint density at radius 3 is 2.78 bits per heavy atom. The van der Waals surface area contributed by atoms with Gasteiger partial charge in [0, 0.05) is 29.3 Å². The molecule has 0 bridgehead atoms. The minimum atomic E-state index is 0.174. The van der Waals surface area contributed by atoms with Crippen LogP contribution in [0.15, 0.2) is 24.4 Å². The lowest BCUT2D eigenvalue weighted by atomic mass is 9.80. The summed E-state index contributed by atoms with van der Waals surface area (Å²) < 4.78 is 0. The van der Waals surface area contributed by atoms with E-state index in [-0.39, 0.29) is 5.41 Å². The monoisotopic (exact) mass is 325 g/mol. The number of rotatable bonds is 1. The molecule has 1 spiro atoms. The average molecular weight is 326 g/mol. The van der Waals surface area contributed by atoms with E-state index in [1.165, 1.54) is 31.2 Å². The third kappa shape index (κ3) is 1.83. The number of nitrogens with zero attached hydrogens (tertiary/aromatic N) is 3. The number of benzene rings is 1. The molecule has 0 saturated heterocycles. The molecule has 2 aromatic heterocycles. The van der Waals surface area contributed by atoms with Crippen LogP contribution in [0.5, 0.6) is 0 Å². The first-order chi connectivity index (χ1) is 11.3. The summed E-state index contributed by atoms with van der Waals surface area (Å²) in [5.74, 6) is 0.961. The Bertz CT molecular complexity index is 910. The summed E-state index contributed by atoms with van der Waals surface area (Å²) in [6.45, 7) is 0.959. The lowest BCUT2D eigenvalue weighted by Gasteiger charge is -2.24. The number of aromatic nitrogens is 4. The van der Waals surface area contributed by atoms with E-state index >= 15 is 0 Å². The highest BCUT2D eigenvalue weighted by molar-refractivity contribution is 6.34. The van der Waals surface area contributed by atoms with Crippen molar-refractivity contribution in [1.82, 2.24) is 20.4 Å². The first-order valence-electron chi connectivity index (χ1n) is 8.01. The van der Waals surface area contributed by atoms with Crippen LogP contribution in [0, 0.1) is 0 Å². The van der Waals surface area contributed by atoms with Crippen LogP contribution < -0.4 is 5.32 Å². The van der Waals surface area contributed by atoms with Crippen molar-refractivity contribution in [2.24, 2.45) is 0 Å². The van der Waals surface area contributed by atoms with Gasteiger partial charge in [-0.15, -0.1) is 0 Å². The summed E-state index contributed by atoms with van der Waals surface area (Å²) >= 11 is 6.86. The van der Waals surface area contributed by atoms with Crippen molar-refractivity contribution in [2.45, 2.75) is 31.1 Å². The van der Waals surface area contributed by atoms with Crippen LogP contribution in [0.2, 0.25) is 5.02 Å². The van der Waals surface area contributed by atoms with Crippen molar-refractivity contribution in [1.29, 1.82) is 0 Å². The van der Waals surface area contributed by atoms with Crippen LogP contribution >= 0.6 is 11.6 Å². The lowest BCUT2D eigenvalue weighted by molar-refractivity contribution is 0.489. The molecule has 0 atom stereocenters. The zero-order valence-corrected chi connectivity index (χ0v) is 13.3. The van der Waals surface area contributed by atoms with Crippen molar-refractivity contribution in [3.05, 3.63) is 35.0 Å². The van der Waals surface area contributed by atoms with Gasteiger partial charge in [0.05, 0.1) is 5.02 Å². The highest BCUT2D eigenvalue weighted by Crippen LogP contribution is 2.51. The van der Waals surface area contributed by atoms with Crippen LogP contribution in [-0.2, 0) is 5.41 Å². The van der Waals surface area contributed by atoms with Crippen LogP contribution in [-0.4, -0.2) is 26.9 Å². The van der Waals surface area contributed by atoms with Gasteiger partial charge in [0.15, 0.2) is 0 Å². The number of hydrogen-bond acceptors (Lipinski definition) is 4. The minimum Gasteiger partial charge on any atom is -0.369 e. The number of fused-ring (bicyclic) bond motifs is 3. The molecule has 1 saturated carbocycles. The smallest absolute Gasteiger partial charge is 0.131 e. The minimum absolute atomic E-state index is 0.174. The molecule has 0 amide bonds. The fourth-order valence-corrected chi connectivity index (χ4v) is 4.58. The largest absolute Gasteiger partial charge is 0.369 e. The number of pyridine rings is 1. The molecule has 5 nitrogen and oxygen atoms in total. The molecule has 3 aromatic rings. The Hall–Kier alpha value is -2.14. The van der Waals surface area contributed by atoms with Crippen molar-refractivity contribution in [2.75, 3.05) is 11.9 Å². The van der Waals surface area contributed by atoms with Gasteiger partial charge in [-0.1, -0.05) is 30.5 Å². The zero-order chi connectivity index (χ0) is 15.4. The van der Waals surface area contributed by atoms with E-state index in [1.54, 1.807) is 0 Å². The third-order valence-corrected chi connectivity index (χ3v) is 5.72. The fourth-order valence-electron chi connectivity index (χ4n) is 4.14. The maximum absolute atomic E-state index is 6.86. The molecule has 1 fully saturated rings. The van der Waals surface area contributed by atoms with Crippen LogP contribution in [0.1, 0.15) is 31.2 Å². The van der Waals surface area contributed by atoms with Gasteiger partial charge in [-0.05, 0) is 30.5 Å². The van der Waals surface area contributed by atoms with E-state index in [0.29, 0.717) is 0 Å². The molecule has 3 heterocycles. The van der Waals surface area contributed by atoms with Crippen LogP contribution in [0.3, 0.4) is 0 Å². The number of hydrogen-bond donors (Lipinski definition) is 2. The maximum Gasteiger partial charge on any atom is 0.131 e. The first kappa shape index (κ1) is 13.3. The summed E-state index contributed by atoms with van der Waals surface area (Å²) in [6, 6.07) is 6.00. The van der Waals surface area contributed by atoms with E-state index < -0.39 is 0 Å². The number of aromatic amines is 1. The van der Waals surface area contributed by atoms with E-state index in [2.05, 4.69) is 25.7 Å². The van der Waals surface area contributed by atoms with Crippen molar-refractivity contribution in [3.8, 4) is 11.1 Å². The van der Waals surface area contributed by atoms with Crippen LogP contribution in [0.4, 0.5) is 5.82 Å². The van der Waals surface area contributed by atoms with E-state index in [9.17, 15) is 0 Å². The predicted molar refractivity (Wildman–Crippen MR) is 90.8 cm³/mol. The topological polar surface area (TPSA) is 66.5 Å². The molecule has 6 heteroatoms. The number of H-pyrrole nitrogens is 1. The fraction of sp³-hybridized carbons (Fsp3) is 0.353. The quantitative estimate of drug-likeness (QED) is 0.712. The molecule has 23 heavy (non-hydrogen) atoms. The molecule has 5 rings (SSSR count). The molecule has 0 radical (unpaired) electrons. The molecular formula is C17H16ClN5. The van der Waals surface area contributed by atoms with Crippen molar-refractivity contribution >= 4 is 28.5 Å². The highest BCUT2D eigenvalue weighted by Gasteiger charge is 2.44. The van der Waals surface area contributed by atoms with Gasteiger partial charge in [-0.25, -0.2) is 4.98 Å². The normalized spacial score (nSPS) is 18.5. The van der Waals surface area contributed by atoms with Gasteiger partial charge in [0.2, 0.25) is 0 Å². The Kier molecular flexibility index (Phi) is 2.71. The van der Waals surface area contributed by atoms with Gasteiger partial charge >= 0.3 is 0 Å². The lowest BCUT2D eigenvalue weighted by Crippen LogP contribution is -2.24. The number of nitrogens with one attached hydrogen (secondary N) is 2. The summed E-state index contributed by atoms with van der Waals surface area (Å²) in [5, 5.41) is 15.2. The third-order valence-electron chi connectivity index (χ3n) is 5.33. The van der Waals surface area contributed by atoms with Gasteiger partial charge < -0.3 is 5.32 Å². The summed E-state index contributed by atoms with van der Waals surface area (Å²) in [5.41, 5.74) is 5.10. The van der Waals surface area contributed by atoms with E-state index in [0.717, 1.165) is 39.5 Å². The second kappa shape index (κ2) is 4.68. The highest BCUT2D eigenvalue weighted by atomic mass is 35.5. The van der Waals surface area contributed by atoms with Crippen LogP contribution in [0.25, 0.3) is 22.2 Å². The number of halogens is 1. The molecule has 1 aliphatic carbocycles. The van der Waals surface area contributed by atoms with Crippen molar-refractivity contribution in [3.63, 3.8) is 0 Å². The van der Waals surface area contributed by atoms with Crippen molar-refractivity contribution < 1.29 is 0 Å². The Morgan fingerprint density at radius 2 is 1.91 bits per heavy atom. The van der Waals surface area contributed by atoms with E-state index in [1.807, 2.05) is 24.4 Å². The second-order valence-electron chi connectivity index (χ2n) is 6.58. The number of anilines is 1. The van der Waals surface area contributed by atoms with Gasteiger partial charge in [-0.2, -0.15) is 15.4 Å².